The molecule has 0 saturated heterocycles. The minimum atomic E-state index is -4.11. The number of sulfonamides is 1. The second-order valence-corrected chi connectivity index (χ2v) is 10.8. The maximum absolute atomic E-state index is 13.8. The monoisotopic (exact) mass is 527 g/mol. The van der Waals surface area contributed by atoms with Crippen LogP contribution < -0.4 is 9.62 Å². The number of carbonyl (C=O) groups is 2. The van der Waals surface area contributed by atoms with Gasteiger partial charge in [0.1, 0.15) is 12.6 Å². The zero-order chi connectivity index (χ0) is 26.5. The Morgan fingerprint density at radius 3 is 2.19 bits per heavy atom. The predicted octanol–water partition coefficient (Wildman–Crippen LogP) is 4.32. The van der Waals surface area contributed by atoms with Crippen molar-refractivity contribution in [1.29, 1.82) is 0 Å². The Labute approximate surface area is 217 Å². The van der Waals surface area contributed by atoms with Gasteiger partial charge in [0.25, 0.3) is 10.0 Å². The van der Waals surface area contributed by atoms with E-state index in [4.69, 9.17) is 11.6 Å². The van der Waals surface area contributed by atoms with Gasteiger partial charge >= 0.3 is 0 Å². The Kier molecular flexibility index (Phi) is 8.76. The maximum atomic E-state index is 13.8. The first-order chi connectivity index (χ1) is 17.1. The number of aryl methyl sites for hydroxylation is 2. The van der Waals surface area contributed by atoms with Crippen molar-refractivity contribution < 1.29 is 18.0 Å². The van der Waals surface area contributed by atoms with E-state index in [-0.39, 0.29) is 17.3 Å². The number of nitrogens with one attached hydrogen (secondary N) is 1. The molecule has 0 bridgehead atoms. The first-order valence-electron chi connectivity index (χ1n) is 11.5. The molecule has 0 aliphatic carbocycles. The Morgan fingerprint density at radius 1 is 0.944 bits per heavy atom. The first kappa shape index (κ1) is 27.2. The van der Waals surface area contributed by atoms with Gasteiger partial charge in [-0.15, -0.1) is 0 Å². The average Bonchev–Trinajstić information content (AvgIpc) is 2.86. The van der Waals surface area contributed by atoms with Crippen molar-refractivity contribution >= 4 is 39.1 Å². The van der Waals surface area contributed by atoms with Crippen LogP contribution in [-0.4, -0.2) is 44.8 Å². The van der Waals surface area contributed by atoms with Crippen LogP contribution in [0.1, 0.15) is 23.6 Å². The number of rotatable bonds is 9. The summed E-state index contributed by atoms with van der Waals surface area (Å²) in [4.78, 5) is 27.8. The smallest absolute Gasteiger partial charge is 0.264 e. The number of halogens is 1. The molecule has 0 spiro atoms. The van der Waals surface area contributed by atoms with Gasteiger partial charge in [0.2, 0.25) is 11.8 Å². The van der Waals surface area contributed by atoms with E-state index in [1.165, 1.54) is 24.1 Å². The van der Waals surface area contributed by atoms with Crippen molar-refractivity contribution in [2.24, 2.45) is 0 Å². The van der Waals surface area contributed by atoms with E-state index in [0.717, 1.165) is 15.4 Å². The second kappa shape index (κ2) is 11.6. The second-order valence-electron chi connectivity index (χ2n) is 8.49. The summed E-state index contributed by atoms with van der Waals surface area (Å²) < 4.78 is 28.6. The minimum Gasteiger partial charge on any atom is -0.357 e. The number of benzene rings is 3. The van der Waals surface area contributed by atoms with E-state index >= 15 is 0 Å². The fourth-order valence-electron chi connectivity index (χ4n) is 3.89. The highest BCUT2D eigenvalue weighted by atomic mass is 35.5. The standard InChI is InChI=1S/C27H30ClN3O4S/c1-19-10-8-9-11-22(19)17-30(21(3)27(33)29-4)26(32)18-31(25-15-14-23(28)16-20(25)2)36(34,35)24-12-6-5-7-13-24/h5-16,21H,17-18H2,1-4H3,(H,29,33). The molecular formula is C27H30ClN3O4S. The lowest BCUT2D eigenvalue weighted by Gasteiger charge is -2.32. The molecule has 0 aromatic heterocycles. The lowest BCUT2D eigenvalue weighted by atomic mass is 10.1. The van der Waals surface area contributed by atoms with E-state index in [0.29, 0.717) is 16.3 Å². The Morgan fingerprint density at radius 2 is 1.58 bits per heavy atom. The molecule has 36 heavy (non-hydrogen) atoms. The fraction of sp³-hybridized carbons (Fsp3) is 0.259. The summed E-state index contributed by atoms with van der Waals surface area (Å²) in [6, 6.07) is 19.5. The third-order valence-electron chi connectivity index (χ3n) is 6.05. The van der Waals surface area contributed by atoms with Gasteiger partial charge in [-0.1, -0.05) is 54.1 Å². The first-order valence-corrected chi connectivity index (χ1v) is 13.3. The lowest BCUT2D eigenvalue weighted by Crippen LogP contribution is -2.50. The molecule has 3 rings (SSSR count). The van der Waals surface area contributed by atoms with Crippen molar-refractivity contribution in [3.05, 3.63) is 94.5 Å². The third-order valence-corrected chi connectivity index (χ3v) is 8.06. The SMILES string of the molecule is CNC(=O)C(C)N(Cc1ccccc1C)C(=O)CN(c1ccc(Cl)cc1C)S(=O)(=O)c1ccccc1. The van der Waals surface area contributed by atoms with Gasteiger partial charge < -0.3 is 10.2 Å². The highest BCUT2D eigenvalue weighted by molar-refractivity contribution is 7.92. The Hall–Kier alpha value is -3.36. The molecule has 3 aromatic rings. The summed E-state index contributed by atoms with van der Waals surface area (Å²) in [5.41, 5.74) is 2.75. The van der Waals surface area contributed by atoms with Crippen LogP contribution in [0.4, 0.5) is 5.69 Å². The van der Waals surface area contributed by atoms with E-state index in [1.54, 1.807) is 50.2 Å². The number of amides is 2. The molecule has 3 aromatic carbocycles. The maximum Gasteiger partial charge on any atom is 0.264 e. The van der Waals surface area contributed by atoms with Gasteiger partial charge in [-0.2, -0.15) is 0 Å². The molecule has 0 fully saturated rings. The molecule has 0 radical (unpaired) electrons. The number of hydrogen-bond acceptors (Lipinski definition) is 4. The van der Waals surface area contributed by atoms with Crippen LogP contribution in [0.3, 0.4) is 0 Å². The Balaban J connectivity index is 2.07. The normalized spacial score (nSPS) is 12.0. The van der Waals surface area contributed by atoms with E-state index < -0.39 is 28.5 Å². The molecule has 0 heterocycles. The molecule has 2 amide bonds. The largest absolute Gasteiger partial charge is 0.357 e. The highest BCUT2D eigenvalue weighted by Gasteiger charge is 2.33. The van der Waals surface area contributed by atoms with Gasteiger partial charge in [0.05, 0.1) is 10.6 Å². The van der Waals surface area contributed by atoms with Crippen molar-refractivity contribution in [3.8, 4) is 0 Å². The van der Waals surface area contributed by atoms with Crippen molar-refractivity contribution in [3.63, 3.8) is 0 Å². The fourth-order valence-corrected chi connectivity index (χ4v) is 5.62. The quantitative estimate of drug-likeness (QED) is 0.449. The predicted molar refractivity (Wildman–Crippen MR) is 142 cm³/mol. The summed E-state index contributed by atoms with van der Waals surface area (Å²) in [5.74, 6) is -0.861. The molecule has 1 unspecified atom stereocenters. The average molecular weight is 528 g/mol. The molecule has 9 heteroatoms. The van der Waals surface area contributed by atoms with Crippen LogP contribution in [0.2, 0.25) is 5.02 Å². The molecule has 1 N–H and O–H groups in total. The van der Waals surface area contributed by atoms with Crippen molar-refractivity contribution in [2.75, 3.05) is 17.9 Å². The van der Waals surface area contributed by atoms with Crippen molar-refractivity contribution in [1.82, 2.24) is 10.2 Å². The Bertz CT molecular complexity index is 1350. The van der Waals surface area contributed by atoms with Crippen LogP contribution in [0.5, 0.6) is 0 Å². The molecule has 0 aliphatic heterocycles. The lowest BCUT2D eigenvalue weighted by molar-refractivity contribution is -0.139. The van der Waals surface area contributed by atoms with Gasteiger partial charge in [0, 0.05) is 18.6 Å². The highest BCUT2D eigenvalue weighted by Crippen LogP contribution is 2.29. The number of hydrogen-bond donors (Lipinski definition) is 1. The van der Waals surface area contributed by atoms with Crippen LogP contribution in [0.15, 0.2) is 77.7 Å². The number of likely N-dealkylation sites (N-methyl/N-ethyl adjacent to an activating group) is 1. The van der Waals surface area contributed by atoms with Crippen molar-refractivity contribution in [2.45, 2.75) is 38.3 Å². The summed E-state index contributed by atoms with van der Waals surface area (Å²) in [5, 5.41) is 3.03. The molecule has 1 atom stereocenters. The van der Waals surface area contributed by atoms with Crippen LogP contribution in [-0.2, 0) is 26.2 Å². The minimum absolute atomic E-state index is 0.0527. The summed E-state index contributed by atoms with van der Waals surface area (Å²) in [6.45, 7) is 4.94. The van der Waals surface area contributed by atoms with E-state index in [9.17, 15) is 18.0 Å². The third kappa shape index (κ3) is 6.06. The summed E-state index contributed by atoms with van der Waals surface area (Å²) in [6.07, 6.45) is 0. The molecule has 0 aliphatic rings. The number of anilines is 1. The van der Waals surface area contributed by atoms with E-state index in [1.807, 2.05) is 31.2 Å². The topological polar surface area (TPSA) is 86.8 Å². The van der Waals surface area contributed by atoms with Crippen LogP contribution in [0, 0.1) is 13.8 Å². The molecular weight excluding hydrogens is 498 g/mol. The molecule has 0 saturated carbocycles. The molecule has 7 nitrogen and oxygen atoms in total. The zero-order valence-electron chi connectivity index (χ0n) is 20.7. The summed E-state index contributed by atoms with van der Waals surface area (Å²) in [7, 11) is -2.61. The van der Waals surface area contributed by atoms with E-state index in [2.05, 4.69) is 5.32 Å². The van der Waals surface area contributed by atoms with Gasteiger partial charge in [0.15, 0.2) is 0 Å². The molecule has 190 valence electrons. The number of nitrogens with zero attached hydrogens (tertiary/aromatic N) is 2. The zero-order valence-corrected chi connectivity index (χ0v) is 22.3. The van der Waals surface area contributed by atoms with Crippen LogP contribution >= 0.6 is 11.6 Å². The van der Waals surface area contributed by atoms with Gasteiger partial charge in [-0.25, -0.2) is 8.42 Å². The van der Waals surface area contributed by atoms with Crippen LogP contribution in [0.25, 0.3) is 0 Å². The summed E-state index contributed by atoms with van der Waals surface area (Å²) >= 11 is 6.12. The van der Waals surface area contributed by atoms with Gasteiger partial charge in [-0.05, 0) is 67.8 Å². The van der Waals surface area contributed by atoms with Gasteiger partial charge in [-0.3, -0.25) is 13.9 Å². The number of carbonyl (C=O) groups excluding carboxylic acids is 2.